The van der Waals surface area contributed by atoms with Gasteiger partial charge in [-0.2, -0.15) is 0 Å². The van der Waals surface area contributed by atoms with E-state index in [4.69, 9.17) is 4.74 Å². The lowest BCUT2D eigenvalue weighted by atomic mass is 9.94. The molecule has 0 bridgehead atoms. The van der Waals surface area contributed by atoms with Gasteiger partial charge in [0.15, 0.2) is 0 Å². The van der Waals surface area contributed by atoms with E-state index in [0.717, 1.165) is 11.1 Å². The van der Waals surface area contributed by atoms with Gasteiger partial charge in [-0.1, -0.05) is 30.3 Å². The molecule has 1 aromatic heterocycles. The second-order valence-electron chi connectivity index (χ2n) is 7.45. The van der Waals surface area contributed by atoms with Gasteiger partial charge in [0, 0.05) is 18.1 Å². The SMILES string of the molecule is COc1c(C)cc(C)cc1/C(O)=C1\C(=O)C(=O)N(c2ccccc2)C1c1cccnc1. The molecule has 0 saturated carbocycles. The molecule has 1 amide bonds. The summed E-state index contributed by atoms with van der Waals surface area (Å²) < 4.78 is 5.51. The van der Waals surface area contributed by atoms with Crippen molar-refractivity contribution in [3.8, 4) is 5.75 Å². The number of carbonyl (C=O) groups is 2. The van der Waals surface area contributed by atoms with Crippen LogP contribution < -0.4 is 9.64 Å². The zero-order valence-corrected chi connectivity index (χ0v) is 17.5. The van der Waals surface area contributed by atoms with Gasteiger partial charge in [-0.25, -0.2) is 0 Å². The first kappa shape index (κ1) is 20.3. The van der Waals surface area contributed by atoms with Gasteiger partial charge in [-0.3, -0.25) is 19.5 Å². The number of rotatable bonds is 4. The van der Waals surface area contributed by atoms with Crippen molar-refractivity contribution in [2.75, 3.05) is 12.0 Å². The van der Waals surface area contributed by atoms with Crippen molar-refractivity contribution in [3.63, 3.8) is 0 Å². The molecule has 1 aliphatic rings. The molecule has 1 N–H and O–H groups in total. The van der Waals surface area contributed by atoms with Gasteiger partial charge in [0.05, 0.1) is 24.3 Å². The molecule has 1 saturated heterocycles. The highest BCUT2D eigenvalue weighted by Gasteiger charge is 2.47. The number of anilines is 1. The fraction of sp³-hybridized carbons (Fsp3) is 0.160. The number of nitrogens with zero attached hydrogens (tertiary/aromatic N) is 2. The highest BCUT2D eigenvalue weighted by Crippen LogP contribution is 2.43. The fourth-order valence-electron chi connectivity index (χ4n) is 4.09. The van der Waals surface area contributed by atoms with Crippen LogP contribution in [0, 0.1) is 13.8 Å². The summed E-state index contributed by atoms with van der Waals surface area (Å²) in [7, 11) is 1.51. The van der Waals surface area contributed by atoms with Crippen molar-refractivity contribution >= 4 is 23.1 Å². The molecule has 0 aliphatic carbocycles. The van der Waals surface area contributed by atoms with Crippen molar-refractivity contribution in [2.45, 2.75) is 19.9 Å². The van der Waals surface area contributed by atoms with E-state index < -0.39 is 17.7 Å². The third-order valence-electron chi connectivity index (χ3n) is 5.36. The fourth-order valence-corrected chi connectivity index (χ4v) is 4.09. The van der Waals surface area contributed by atoms with Crippen LogP contribution in [0.1, 0.15) is 28.3 Å². The molecule has 6 heteroatoms. The van der Waals surface area contributed by atoms with Crippen molar-refractivity contribution < 1.29 is 19.4 Å². The first-order chi connectivity index (χ1) is 14.9. The summed E-state index contributed by atoms with van der Waals surface area (Å²) >= 11 is 0. The predicted molar refractivity (Wildman–Crippen MR) is 118 cm³/mol. The van der Waals surface area contributed by atoms with Crippen LogP contribution in [0.15, 0.2) is 72.6 Å². The Morgan fingerprint density at radius 2 is 1.81 bits per heavy atom. The van der Waals surface area contributed by atoms with Crippen LogP contribution in [0.3, 0.4) is 0 Å². The van der Waals surface area contributed by atoms with Crippen LogP contribution in [-0.4, -0.2) is 28.9 Å². The lowest BCUT2D eigenvalue weighted by Crippen LogP contribution is -2.29. The maximum absolute atomic E-state index is 13.2. The van der Waals surface area contributed by atoms with E-state index in [-0.39, 0.29) is 11.3 Å². The normalized spacial score (nSPS) is 17.8. The predicted octanol–water partition coefficient (Wildman–Crippen LogP) is 4.33. The molecule has 1 atom stereocenters. The molecule has 1 aliphatic heterocycles. The molecular weight excluding hydrogens is 392 g/mol. The van der Waals surface area contributed by atoms with Crippen LogP contribution in [0.5, 0.6) is 5.75 Å². The van der Waals surface area contributed by atoms with Crippen LogP contribution in [0.4, 0.5) is 5.69 Å². The molecule has 156 valence electrons. The lowest BCUT2D eigenvalue weighted by Gasteiger charge is -2.25. The minimum absolute atomic E-state index is 0.00477. The molecule has 1 unspecified atom stereocenters. The van der Waals surface area contributed by atoms with Crippen LogP contribution >= 0.6 is 0 Å². The number of ketones is 1. The average molecular weight is 414 g/mol. The van der Waals surface area contributed by atoms with Crippen molar-refractivity contribution in [3.05, 3.63) is 94.8 Å². The van der Waals surface area contributed by atoms with Crippen LogP contribution in [0.25, 0.3) is 5.76 Å². The van der Waals surface area contributed by atoms with Gasteiger partial charge < -0.3 is 9.84 Å². The summed E-state index contributed by atoms with van der Waals surface area (Å²) in [5, 5.41) is 11.3. The number of amides is 1. The third kappa shape index (κ3) is 3.46. The Labute approximate surface area is 180 Å². The summed E-state index contributed by atoms with van der Waals surface area (Å²) in [4.78, 5) is 31.9. The number of methoxy groups -OCH3 is 1. The number of pyridine rings is 1. The van der Waals surface area contributed by atoms with Crippen molar-refractivity contribution in [1.29, 1.82) is 0 Å². The van der Waals surface area contributed by atoms with Crippen LogP contribution in [-0.2, 0) is 9.59 Å². The van der Waals surface area contributed by atoms with E-state index in [2.05, 4.69) is 4.98 Å². The summed E-state index contributed by atoms with van der Waals surface area (Å²) in [6.07, 6.45) is 3.21. The number of aryl methyl sites for hydroxylation is 2. The monoisotopic (exact) mass is 414 g/mol. The maximum Gasteiger partial charge on any atom is 0.300 e. The smallest absolute Gasteiger partial charge is 0.300 e. The quantitative estimate of drug-likeness (QED) is 0.390. The van der Waals surface area contributed by atoms with E-state index in [1.807, 2.05) is 26.0 Å². The zero-order valence-electron chi connectivity index (χ0n) is 17.5. The molecule has 3 aromatic rings. The number of aliphatic hydroxyl groups excluding tert-OH is 1. The second-order valence-corrected chi connectivity index (χ2v) is 7.45. The highest BCUT2D eigenvalue weighted by molar-refractivity contribution is 6.51. The average Bonchev–Trinajstić information content (AvgIpc) is 3.04. The van der Waals surface area contributed by atoms with Gasteiger partial charge in [-0.05, 0) is 54.8 Å². The number of hydrogen-bond donors (Lipinski definition) is 1. The van der Waals surface area contributed by atoms with Gasteiger partial charge in [0.1, 0.15) is 11.5 Å². The van der Waals surface area contributed by atoms with Gasteiger partial charge in [0.25, 0.3) is 11.7 Å². The second kappa shape index (κ2) is 8.07. The highest BCUT2D eigenvalue weighted by atomic mass is 16.5. The number of benzene rings is 2. The molecule has 2 heterocycles. The number of Topliss-reactive ketones (excluding diaryl/α,β-unsaturated/α-hetero) is 1. The van der Waals surface area contributed by atoms with Crippen molar-refractivity contribution in [2.24, 2.45) is 0 Å². The Morgan fingerprint density at radius 3 is 2.45 bits per heavy atom. The first-order valence-electron chi connectivity index (χ1n) is 9.85. The van der Waals surface area contributed by atoms with E-state index in [0.29, 0.717) is 22.6 Å². The number of carbonyl (C=O) groups excluding carboxylic acids is 2. The Morgan fingerprint density at radius 1 is 1.06 bits per heavy atom. The van der Waals surface area contributed by atoms with Gasteiger partial charge in [-0.15, -0.1) is 0 Å². The molecule has 6 nitrogen and oxygen atoms in total. The number of aliphatic hydroxyl groups is 1. The Bertz CT molecular complexity index is 1190. The molecular formula is C25H22N2O4. The van der Waals surface area contributed by atoms with Gasteiger partial charge in [0.2, 0.25) is 0 Å². The number of hydrogen-bond acceptors (Lipinski definition) is 5. The van der Waals surface area contributed by atoms with E-state index in [1.165, 1.54) is 12.0 Å². The minimum atomic E-state index is -0.818. The molecule has 31 heavy (non-hydrogen) atoms. The molecule has 2 aromatic carbocycles. The largest absolute Gasteiger partial charge is 0.507 e. The lowest BCUT2D eigenvalue weighted by molar-refractivity contribution is -0.132. The van der Waals surface area contributed by atoms with E-state index in [9.17, 15) is 14.7 Å². The Balaban J connectivity index is 2.00. The number of aromatic nitrogens is 1. The third-order valence-corrected chi connectivity index (χ3v) is 5.36. The Kier molecular flexibility index (Phi) is 5.29. The van der Waals surface area contributed by atoms with Gasteiger partial charge >= 0.3 is 0 Å². The van der Waals surface area contributed by atoms with Crippen LogP contribution in [0.2, 0.25) is 0 Å². The number of ether oxygens (including phenoxy) is 1. The summed E-state index contributed by atoms with van der Waals surface area (Å²) in [6.45, 7) is 3.76. The standard InChI is InChI=1S/C25H22N2O4/c1-15-12-16(2)24(31-3)19(13-15)22(28)20-21(17-8-7-11-26-14-17)27(25(30)23(20)29)18-9-5-4-6-10-18/h4-14,21,28H,1-3H3/b22-20+. The molecule has 0 spiro atoms. The number of para-hydroxylation sites is 1. The zero-order chi connectivity index (χ0) is 22.1. The summed E-state index contributed by atoms with van der Waals surface area (Å²) in [6, 6.07) is 15.3. The van der Waals surface area contributed by atoms with E-state index in [1.54, 1.807) is 54.9 Å². The first-order valence-corrected chi connectivity index (χ1v) is 9.85. The van der Waals surface area contributed by atoms with E-state index >= 15 is 0 Å². The molecule has 0 radical (unpaired) electrons. The van der Waals surface area contributed by atoms with Crippen molar-refractivity contribution in [1.82, 2.24) is 4.98 Å². The topological polar surface area (TPSA) is 79.7 Å². The summed E-state index contributed by atoms with van der Waals surface area (Å²) in [5.41, 5.74) is 3.28. The maximum atomic E-state index is 13.2. The molecule has 1 fully saturated rings. The molecule has 4 rings (SSSR count). The Hall–Kier alpha value is -3.93. The minimum Gasteiger partial charge on any atom is -0.507 e. The summed E-state index contributed by atoms with van der Waals surface area (Å²) in [5.74, 6) is -1.27.